The van der Waals surface area contributed by atoms with Crippen LogP contribution in [0.25, 0.3) is 10.4 Å². The Bertz CT molecular complexity index is 484. The third kappa shape index (κ3) is 3.99. The van der Waals surface area contributed by atoms with E-state index in [0.717, 1.165) is 32.1 Å². The summed E-state index contributed by atoms with van der Waals surface area (Å²) in [5, 5.41) is 42.5. The molecule has 0 aromatic heterocycles. The molecule has 1 heterocycles. The van der Waals surface area contributed by atoms with Crippen molar-refractivity contribution in [3.8, 4) is 0 Å². The van der Waals surface area contributed by atoms with Gasteiger partial charge in [0.2, 0.25) is 5.91 Å². The number of nitrogens with zero attached hydrogens (tertiary/aromatic N) is 4. The summed E-state index contributed by atoms with van der Waals surface area (Å²) in [4.78, 5) is 16.5. The molecule has 4 N–H and O–H groups in total. The number of carbonyl (C=O) groups excluding carboxylic acids is 1. The van der Waals surface area contributed by atoms with Gasteiger partial charge in [0.25, 0.3) is 0 Å². The van der Waals surface area contributed by atoms with Crippen LogP contribution in [0.2, 0.25) is 0 Å². The van der Waals surface area contributed by atoms with Crippen molar-refractivity contribution in [1.29, 1.82) is 0 Å². The molecule has 9 nitrogen and oxygen atoms in total. The molecule has 1 aliphatic carbocycles. The van der Waals surface area contributed by atoms with E-state index in [1.165, 1.54) is 4.90 Å². The van der Waals surface area contributed by atoms with Crippen LogP contribution < -0.4 is 0 Å². The van der Waals surface area contributed by atoms with Gasteiger partial charge in [-0.25, -0.2) is 0 Å². The second-order valence-electron chi connectivity index (χ2n) is 6.57. The Morgan fingerprint density at radius 1 is 1.00 bits per heavy atom. The smallest absolute Gasteiger partial charge is 0.223 e. The number of likely N-dealkylation sites (tertiary alicyclic amines) is 1. The molecule has 136 valence electrons. The number of unbranched alkanes of at least 4 members (excludes halogenated alkanes) is 4. The highest BCUT2D eigenvalue weighted by Crippen LogP contribution is 2.44. The molecule has 1 aliphatic heterocycles. The van der Waals surface area contributed by atoms with E-state index in [1.54, 1.807) is 0 Å². The summed E-state index contributed by atoms with van der Waals surface area (Å²) in [6, 6.07) is -0.892. The minimum absolute atomic E-state index is 0.113. The molecule has 0 bridgehead atoms. The van der Waals surface area contributed by atoms with Crippen LogP contribution in [-0.4, -0.2) is 74.8 Å². The van der Waals surface area contributed by atoms with E-state index < -0.39 is 30.3 Å². The second kappa shape index (κ2) is 8.64. The van der Waals surface area contributed by atoms with Crippen molar-refractivity contribution in [3.63, 3.8) is 0 Å². The van der Waals surface area contributed by atoms with Gasteiger partial charge in [-0.05, 0) is 18.4 Å². The fourth-order valence-corrected chi connectivity index (χ4v) is 3.67. The van der Waals surface area contributed by atoms with E-state index >= 15 is 0 Å². The maximum Gasteiger partial charge on any atom is 0.223 e. The van der Waals surface area contributed by atoms with Gasteiger partial charge in [-0.1, -0.05) is 24.4 Å². The van der Waals surface area contributed by atoms with Crippen LogP contribution >= 0.6 is 0 Å². The first-order valence-corrected chi connectivity index (χ1v) is 8.51. The highest BCUT2D eigenvalue weighted by atomic mass is 16.4. The predicted molar refractivity (Wildman–Crippen MR) is 84.7 cm³/mol. The number of aliphatic hydroxyl groups is 4. The van der Waals surface area contributed by atoms with Crippen LogP contribution in [0.4, 0.5) is 0 Å². The molecule has 1 amide bonds. The lowest BCUT2D eigenvalue weighted by Crippen LogP contribution is -2.52. The fourth-order valence-electron chi connectivity index (χ4n) is 3.67. The first-order chi connectivity index (χ1) is 11.5. The van der Waals surface area contributed by atoms with Crippen LogP contribution in [0.15, 0.2) is 5.11 Å². The SMILES string of the molecule is [N-]=[N+]=NCCCCCCCC(=O)N1[C@@H]2[C@H](O)[C@@H](O)[C@@H](O)[C@@H](CO)[C@@H]21. The van der Waals surface area contributed by atoms with Crippen molar-refractivity contribution in [2.24, 2.45) is 11.0 Å². The highest BCUT2D eigenvalue weighted by molar-refractivity contribution is 5.80. The number of hydrogen-bond donors (Lipinski definition) is 4. The molecule has 6 atom stereocenters. The Hall–Kier alpha value is -1.38. The van der Waals surface area contributed by atoms with E-state index in [9.17, 15) is 25.2 Å². The third-order valence-electron chi connectivity index (χ3n) is 5.04. The molecular formula is C15H26N4O5. The molecule has 0 unspecified atom stereocenters. The number of carbonyl (C=O) groups is 1. The lowest BCUT2D eigenvalue weighted by Gasteiger charge is -2.31. The van der Waals surface area contributed by atoms with Crippen molar-refractivity contribution in [1.82, 2.24) is 4.90 Å². The minimum atomic E-state index is -1.34. The molecule has 2 rings (SSSR count). The number of aliphatic hydroxyl groups excluding tert-OH is 4. The quantitative estimate of drug-likeness (QED) is 0.152. The lowest BCUT2D eigenvalue weighted by atomic mass is 9.83. The summed E-state index contributed by atoms with van der Waals surface area (Å²) in [6.45, 7) is 0.165. The van der Waals surface area contributed by atoms with Crippen molar-refractivity contribution in [2.75, 3.05) is 13.2 Å². The molecule has 0 aromatic rings. The topological polar surface area (TPSA) is 150 Å². The molecule has 0 spiro atoms. The summed E-state index contributed by atoms with van der Waals surface area (Å²) in [5.74, 6) is -0.726. The second-order valence-corrected chi connectivity index (χ2v) is 6.57. The first kappa shape index (κ1) is 19.0. The highest BCUT2D eigenvalue weighted by Gasteiger charge is 2.65. The zero-order chi connectivity index (χ0) is 17.7. The summed E-state index contributed by atoms with van der Waals surface area (Å²) < 4.78 is 0. The van der Waals surface area contributed by atoms with Gasteiger partial charge < -0.3 is 25.3 Å². The Kier molecular flexibility index (Phi) is 6.82. The summed E-state index contributed by atoms with van der Waals surface area (Å²) in [7, 11) is 0. The largest absolute Gasteiger partial charge is 0.396 e. The molecule has 2 fully saturated rings. The maximum atomic E-state index is 12.3. The van der Waals surface area contributed by atoms with Crippen molar-refractivity contribution < 1.29 is 25.2 Å². The van der Waals surface area contributed by atoms with Gasteiger partial charge in [0.15, 0.2) is 0 Å². The number of rotatable bonds is 9. The van der Waals surface area contributed by atoms with E-state index in [1.807, 2.05) is 0 Å². The number of hydrogen-bond acceptors (Lipinski definition) is 6. The normalized spacial score (nSPS) is 34.4. The minimum Gasteiger partial charge on any atom is -0.396 e. The van der Waals surface area contributed by atoms with Gasteiger partial charge in [-0.3, -0.25) is 4.79 Å². The van der Waals surface area contributed by atoms with Gasteiger partial charge in [0, 0.05) is 23.8 Å². The number of fused-ring (bicyclic) bond motifs is 1. The van der Waals surface area contributed by atoms with Crippen molar-refractivity contribution >= 4 is 5.91 Å². The molecule has 0 aromatic carbocycles. The van der Waals surface area contributed by atoms with Crippen LogP contribution in [-0.2, 0) is 4.79 Å². The zero-order valence-corrected chi connectivity index (χ0v) is 13.6. The Labute approximate surface area is 140 Å². The monoisotopic (exact) mass is 342 g/mol. The molecule has 0 radical (unpaired) electrons. The van der Waals surface area contributed by atoms with Crippen LogP contribution in [0, 0.1) is 5.92 Å². The molecule has 1 saturated heterocycles. The molecule has 9 heteroatoms. The van der Waals surface area contributed by atoms with Gasteiger partial charge >= 0.3 is 0 Å². The van der Waals surface area contributed by atoms with Crippen molar-refractivity contribution in [3.05, 3.63) is 10.4 Å². The molecule has 2 aliphatic rings. The van der Waals surface area contributed by atoms with Gasteiger partial charge in [0.1, 0.15) is 12.2 Å². The fraction of sp³-hybridized carbons (Fsp3) is 0.933. The Balaban J connectivity index is 1.71. The van der Waals surface area contributed by atoms with Gasteiger partial charge in [-0.2, -0.15) is 0 Å². The van der Waals surface area contributed by atoms with Gasteiger partial charge in [-0.15, -0.1) is 0 Å². The standard InChI is InChI=1S/C15H26N4O5/c16-18-17-7-5-3-1-2-4-6-10(21)19-11-9(8-20)13(22)15(24)14(23)12(11)19/h9,11-15,20,22-24H,1-8H2/t9-,11-,12-,13-,14-,15-,19?/m0/s1. The average Bonchev–Trinajstić information content (AvgIpc) is 3.31. The van der Waals surface area contributed by atoms with Crippen LogP contribution in [0.3, 0.4) is 0 Å². The maximum absolute atomic E-state index is 12.3. The zero-order valence-electron chi connectivity index (χ0n) is 13.6. The van der Waals surface area contributed by atoms with Gasteiger partial charge in [0.05, 0.1) is 24.8 Å². The summed E-state index contributed by atoms with van der Waals surface area (Å²) >= 11 is 0. The average molecular weight is 342 g/mol. The Morgan fingerprint density at radius 3 is 2.33 bits per heavy atom. The van der Waals surface area contributed by atoms with Crippen LogP contribution in [0.1, 0.15) is 38.5 Å². The summed E-state index contributed by atoms with van der Waals surface area (Å²) in [6.07, 6.45) is 0.986. The number of azide groups is 1. The van der Waals surface area contributed by atoms with E-state index in [2.05, 4.69) is 10.0 Å². The van der Waals surface area contributed by atoms with E-state index in [4.69, 9.17) is 5.53 Å². The summed E-state index contributed by atoms with van der Waals surface area (Å²) in [5.41, 5.74) is 8.15. The van der Waals surface area contributed by atoms with E-state index in [-0.39, 0.29) is 18.6 Å². The van der Waals surface area contributed by atoms with E-state index in [0.29, 0.717) is 13.0 Å². The van der Waals surface area contributed by atoms with Crippen molar-refractivity contribution in [2.45, 2.75) is 68.9 Å². The lowest BCUT2D eigenvalue weighted by molar-refractivity contribution is -0.127. The van der Waals surface area contributed by atoms with Crippen LogP contribution in [0.5, 0.6) is 0 Å². The molecule has 1 saturated carbocycles. The third-order valence-corrected chi connectivity index (χ3v) is 5.04. The molecule has 24 heavy (non-hydrogen) atoms. The first-order valence-electron chi connectivity index (χ1n) is 8.51. The Morgan fingerprint density at radius 2 is 1.67 bits per heavy atom. The predicted octanol–water partition coefficient (Wildman–Crippen LogP) is -0.0785. The number of amides is 1. The molecular weight excluding hydrogens is 316 g/mol.